The van der Waals surface area contributed by atoms with Gasteiger partial charge in [-0.2, -0.15) is 0 Å². The standard InChI is InChI=1S/C14H21NO.C2H6.H2/c1-9-6-12-4-5-14(15-11(3)16)8-13(12)7-10(9)2;1-2;/h6-7,9-10,14H,4-5,8H2,1-3H3,(H,15,16);1-2H3;1H. The predicted molar refractivity (Wildman–Crippen MR) is 79.4 cm³/mol. The number of carbonyl (C=O) groups is 1. The average Bonchev–Trinajstić information content (AvgIpc) is 2.33. The molecule has 2 aliphatic carbocycles. The Morgan fingerprint density at radius 2 is 1.78 bits per heavy atom. The molecule has 0 spiro atoms. The summed E-state index contributed by atoms with van der Waals surface area (Å²) in [5, 5.41) is 3.03. The summed E-state index contributed by atoms with van der Waals surface area (Å²) in [7, 11) is 0. The van der Waals surface area contributed by atoms with Crippen LogP contribution in [0.4, 0.5) is 0 Å². The van der Waals surface area contributed by atoms with Gasteiger partial charge in [0.2, 0.25) is 5.91 Å². The largest absolute Gasteiger partial charge is 0.353 e. The molecule has 2 heteroatoms. The lowest BCUT2D eigenvalue weighted by Gasteiger charge is -2.32. The van der Waals surface area contributed by atoms with Crippen molar-refractivity contribution in [3.8, 4) is 0 Å². The van der Waals surface area contributed by atoms with Gasteiger partial charge in [0.15, 0.2) is 0 Å². The average molecular weight is 251 g/mol. The highest BCUT2D eigenvalue weighted by Crippen LogP contribution is 2.36. The van der Waals surface area contributed by atoms with E-state index >= 15 is 0 Å². The number of nitrogens with one attached hydrogen (secondary N) is 1. The molecule has 1 fully saturated rings. The molecule has 1 amide bonds. The van der Waals surface area contributed by atoms with Crippen molar-refractivity contribution >= 4 is 5.91 Å². The number of fused-ring (bicyclic) bond motifs is 1. The number of allylic oxidation sites excluding steroid dienone is 3. The Bertz CT molecular complexity index is 360. The summed E-state index contributed by atoms with van der Waals surface area (Å²) in [4.78, 5) is 11.0. The zero-order chi connectivity index (χ0) is 13.7. The zero-order valence-electron chi connectivity index (χ0n) is 12.4. The quantitative estimate of drug-likeness (QED) is 0.747. The minimum atomic E-state index is 0. The summed E-state index contributed by atoms with van der Waals surface area (Å²) < 4.78 is 0. The highest BCUT2D eigenvalue weighted by atomic mass is 16.1. The number of rotatable bonds is 1. The molecule has 18 heavy (non-hydrogen) atoms. The van der Waals surface area contributed by atoms with E-state index in [9.17, 15) is 4.79 Å². The van der Waals surface area contributed by atoms with Crippen LogP contribution in [0.5, 0.6) is 0 Å². The van der Waals surface area contributed by atoms with Crippen molar-refractivity contribution < 1.29 is 6.22 Å². The molecular formula is C16H29NO. The first-order valence-electron chi connectivity index (χ1n) is 7.25. The summed E-state index contributed by atoms with van der Waals surface area (Å²) in [6.45, 7) is 10.2. The Hall–Kier alpha value is -1.05. The first kappa shape index (κ1) is 15.0. The number of carbonyl (C=O) groups excluding carboxylic acids is 1. The molecule has 0 bridgehead atoms. The van der Waals surface area contributed by atoms with Gasteiger partial charge in [0.1, 0.15) is 0 Å². The maximum atomic E-state index is 11.0. The molecule has 3 atom stereocenters. The van der Waals surface area contributed by atoms with Gasteiger partial charge in [-0.3, -0.25) is 4.79 Å². The molecule has 0 saturated heterocycles. The summed E-state index contributed by atoms with van der Waals surface area (Å²) in [5.74, 6) is 1.39. The maximum absolute atomic E-state index is 11.0. The second-order valence-electron chi connectivity index (χ2n) is 5.24. The van der Waals surface area contributed by atoms with Crippen molar-refractivity contribution in [2.24, 2.45) is 11.8 Å². The van der Waals surface area contributed by atoms with E-state index in [1.807, 2.05) is 13.8 Å². The van der Waals surface area contributed by atoms with Crippen LogP contribution in [0.2, 0.25) is 0 Å². The molecule has 2 rings (SSSR count). The first-order valence-corrected chi connectivity index (χ1v) is 7.25. The van der Waals surface area contributed by atoms with Crippen molar-refractivity contribution in [1.29, 1.82) is 0 Å². The van der Waals surface area contributed by atoms with Crippen molar-refractivity contribution in [3.63, 3.8) is 0 Å². The van der Waals surface area contributed by atoms with E-state index in [1.165, 1.54) is 11.1 Å². The molecule has 0 aromatic heterocycles. The minimum absolute atomic E-state index is 0. The van der Waals surface area contributed by atoms with Crippen LogP contribution in [0, 0.1) is 11.8 Å². The van der Waals surface area contributed by atoms with Crippen LogP contribution in [0.1, 0.15) is 55.3 Å². The third-order valence-corrected chi connectivity index (χ3v) is 3.81. The molecule has 0 aromatic carbocycles. The number of hydrogen-bond donors (Lipinski definition) is 1. The van der Waals surface area contributed by atoms with Gasteiger partial charge in [-0.1, -0.05) is 39.8 Å². The van der Waals surface area contributed by atoms with Crippen LogP contribution in [-0.2, 0) is 4.79 Å². The van der Waals surface area contributed by atoms with Gasteiger partial charge in [0.05, 0.1) is 0 Å². The fourth-order valence-corrected chi connectivity index (χ4v) is 2.70. The third-order valence-electron chi connectivity index (χ3n) is 3.81. The van der Waals surface area contributed by atoms with Gasteiger partial charge in [-0.25, -0.2) is 0 Å². The molecule has 104 valence electrons. The van der Waals surface area contributed by atoms with Gasteiger partial charge in [0.25, 0.3) is 0 Å². The van der Waals surface area contributed by atoms with Crippen molar-refractivity contribution in [3.05, 3.63) is 23.3 Å². The van der Waals surface area contributed by atoms with Crippen LogP contribution >= 0.6 is 0 Å². The summed E-state index contributed by atoms with van der Waals surface area (Å²) in [6.07, 6.45) is 8.04. The van der Waals surface area contributed by atoms with Gasteiger partial charge in [-0.05, 0) is 42.2 Å². The summed E-state index contributed by atoms with van der Waals surface area (Å²) >= 11 is 0. The van der Waals surface area contributed by atoms with E-state index in [2.05, 4.69) is 31.3 Å². The topological polar surface area (TPSA) is 29.1 Å². The summed E-state index contributed by atoms with van der Waals surface area (Å²) in [5.41, 5.74) is 2.99. The van der Waals surface area contributed by atoms with Crippen LogP contribution in [0.15, 0.2) is 23.3 Å². The van der Waals surface area contributed by atoms with Gasteiger partial charge in [-0.15, -0.1) is 0 Å². The molecule has 2 nitrogen and oxygen atoms in total. The molecular weight excluding hydrogens is 222 g/mol. The van der Waals surface area contributed by atoms with Crippen LogP contribution in [-0.4, -0.2) is 11.9 Å². The van der Waals surface area contributed by atoms with Crippen LogP contribution in [0.3, 0.4) is 0 Å². The van der Waals surface area contributed by atoms with E-state index in [0.717, 1.165) is 19.3 Å². The van der Waals surface area contributed by atoms with E-state index in [0.29, 0.717) is 17.9 Å². The normalized spacial score (nSPS) is 30.2. The highest BCUT2D eigenvalue weighted by Gasteiger charge is 2.25. The smallest absolute Gasteiger partial charge is 0.217 e. The van der Waals surface area contributed by atoms with E-state index < -0.39 is 0 Å². The van der Waals surface area contributed by atoms with Gasteiger partial charge in [0, 0.05) is 14.4 Å². The maximum Gasteiger partial charge on any atom is 0.217 e. The Kier molecular flexibility index (Phi) is 5.64. The summed E-state index contributed by atoms with van der Waals surface area (Å²) in [6, 6.07) is 0.349. The molecule has 0 aliphatic heterocycles. The molecule has 1 N–H and O–H groups in total. The number of hydrogen-bond acceptors (Lipinski definition) is 1. The van der Waals surface area contributed by atoms with E-state index in [1.54, 1.807) is 6.92 Å². The molecule has 0 heterocycles. The molecule has 2 aliphatic rings. The van der Waals surface area contributed by atoms with E-state index in [-0.39, 0.29) is 7.33 Å². The molecule has 1 saturated carbocycles. The molecule has 0 aromatic rings. The second kappa shape index (κ2) is 6.77. The Morgan fingerprint density at radius 1 is 1.22 bits per heavy atom. The molecule has 0 radical (unpaired) electrons. The number of amides is 1. The van der Waals surface area contributed by atoms with Gasteiger partial charge >= 0.3 is 0 Å². The lowest BCUT2D eigenvalue weighted by molar-refractivity contribution is -0.119. The Morgan fingerprint density at radius 3 is 2.33 bits per heavy atom. The lowest BCUT2D eigenvalue weighted by atomic mass is 9.77. The van der Waals surface area contributed by atoms with Gasteiger partial charge < -0.3 is 5.32 Å². The van der Waals surface area contributed by atoms with Crippen LogP contribution < -0.4 is 5.32 Å². The predicted octanol–water partition coefficient (Wildman–Crippen LogP) is 4.09. The second-order valence-corrected chi connectivity index (χ2v) is 5.24. The van der Waals surface area contributed by atoms with E-state index in [4.69, 9.17) is 0 Å². The first-order chi connectivity index (χ1) is 8.56. The van der Waals surface area contributed by atoms with Crippen molar-refractivity contribution in [2.75, 3.05) is 0 Å². The Balaban J connectivity index is 0.00000103. The van der Waals surface area contributed by atoms with Crippen molar-refractivity contribution in [1.82, 2.24) is 5.32 Å². The van der Waals surface area contributed by atoms with Crippen LogP contribution in [0.25, 0.3) is 0 Å². The highest BCUT2D eigenvalue weighted by molar-refractivity contribution is 5.73. The fourth-order valence-electron chi connectivity index (χ4n) is 2.70. The monoisotopic (exact) mass is 251 g/mol. The third kappa shape index (κ3) is 3.72. The Labute approximate surface area is 113 Å². The zero-order valence-corrected chi connectivity index (χ0v) is 12.4. The molecule has 3 unspecified atom stereocenters. The van der Waals surface area contributed by atoms with Crippen molar-refractivity contribution in [2.45, 2.75) is 59.9 Å². The lowest BCUT2D eigenvalue weighted by Crippen LogP contribution is -2.36. The SMILES string of the molecule is CC.CC(=O)NC1CCC2=CC(C)C(C)C=C2C1.[HH]. The minimum Gasteiger partial charge on any atom is -0.353 e. The fraction of sp³-hybridized carbons (Fsp3) is 0.688.